The van der Waals surface area contributed by atoms with Crippen LogP contribution >= 0.6 is 12.4 Å². The van der Waals surface area contributed by atoms with Crippen molar-refractivity contribution in [1.82, 2.24) is 15.1 Å². The number of nitrogens with zero attached hydrogens (tertiary/aromatic N) is 2. The third kappa shape index (κ3) is 3.59. The fourth-order valence-corrected chi connectivity index (χ4v) is 2.91. The molecule has 0 radical (unpaired) electrons. The molecular formula is C13H26ClN3O. The second kappa shape index (κ2) is 7.31. The number of hydrogen-bond acceptors (Lipinski definition) is 3. The zero-order valence-electron chi connectivity index (χ0n) is 11.5. The van der Waals surface area contributed by atoms with Gasteiger partial charge in [-0.15, -0.1) is 12.4 Å². The molecule has 2 aliphatic heterocycles. The van der Waals surface area contributed by atoms with Gasteiger partial charge in [-0.1, -0.05) is 0 Å². The maximum Gasteiger partial charge on any atom is 0.239 e. The summed E-state index contributed by atoms with van der Waals surface area (Å²) in [5.41, 5.74) is 0. The van der Waals surface area contributed by atoms with Crippen LogP contribution in [0, 0.1) is 0 Å². The fraction of sp³-hybridized carbons (Fsp3) is 0.923. The van der Waals surface area contributed by atoms with Crippen molar-refractivity contribution in [2.45, 2.75) is 44.7 Å². The van der Waals surface area contributed by atoms with Crippen LogP contribution in [-0.4, -0.2) is 61.0 Å². The SMILES string of the molecule is CNC1CCN(C(C)C(=O)N2CCCCC2)C1.Cl. The normalized spacial score (nSPS) is 26.8. The number of likely N-dealkylation sites (N-methyl/N-ethyl adjacent to an activating group) is 1. The zero-order chi connectivity index (χ0) is 12.3. The number of carbonyl (C=O) groups excluding carboxylic acids is 1. The van der Waals surface area contributed by atoms with Crippen molar-refractivity contribution in [3.63, 3.8) is 0 Å². The minimum absolute atomic E-state index is 0. The fourth-order valence-electron chi connectivity index (χ4n) is 2.91. The summed E-state index contributed by atoms with van der Waals surface area (Å²) in [6.07, 6.45) is 4.80. The van der Waals surface area contributed by atoms with Crippen LogP contribution < -0.4 is 5.32 Å². The molecule has 2 atom stereocenters. The van der Waals surface area contributed by atoms with Crippen molar-refractivity contribution < 1.29 is 4.79 Å². The molecule has 2 heterocycles. The lowest BCUT2D eigenvalue weighted by atomic mass is 10.1. The van der Waals surface area contributed by atoms with Gasteiger partial charge >= 0.3 is 0 Å². The highest BCUT2D eigenvalue weighted by atomic mass is 35.5. The molecule has 0 saturated carbocycles. The Labute approximate surface area is 116 Å². The Morgan fingerprint density at radius 3 is 2.44 bits per heavy atom. The van der Waals surface area contributed by atoms with Crippen LogP contribution in [0.1, 0.15) is 32.6 Å². The number of halogens is 1. The number of nitrogens with one attached hydrogen (secondary N) is 1. The van der Waals surface area contributed by atoms with Crippen molar-refractivity contribution in [1.29, 1.82) is 0 Å². The summed E-state index contributed by atoms with van der Waals surface area (Å²) < 4.78 is 0. The Bertz CT molecular complexity index is 269. The predicted molar refractivity (Wildman–Crippen MR) is 76.2 cm³/mol. The van der Waals surface area contributed by atoms with Crippen molar-refractivity contribution in [2.24, 2.45) is 0 Å². The van der Waals surface area contributed by atoms with Gasteiger partial charge < -0.3 is 10.2 Å². The Morgan fingerprint density at radius 2 is 1.89 bits per heavy atom. The lowest BCUT2D eigenvalue weighted by molar-refractivity contribution is -0.136. The summed E-state index contributed by atoms with van der Waals surface area (Å²) in [6.45, 7) is 6.05. The smallest absolute Gasteiger partial charge is 0.239 e. The van der Waals surface area contributed by atoms with Gasteiger partial charge in [0.05, 0.1) is 6.04 Å². The first-order valence-corrected chi connectivity index (χ1v) is 6.92. The van der Waals surface area contributed by atoms with E-state index in [1.807, 2.05) is 7.05 Å². The quantitative estimate of drug-likeness (QED) is 0.838. The standard InChI is InChI=1S/C13H25N3O.ClH/c1-11(16-9-6-12(10-16)14-2)13(17)15-7-4-3-5-8-15;/h11-12,14H,3-10H2,1-2H3;1H. The lowest BCUT2D eigenvalue weighted by Crippen LogP contribution is -2.48. The molecule has 2 saturated heterocycles. The number of piperidine rings is 1. The summed E-state index contributed by atoms with van der Waals surface area (Å²) in [7, 11) is 2.01. The molecule has 0 aromatic carbocycles. The number of rotatable bonds is 3. The van der Waals surface area contributed by atoms with Gasteiger partial charge in [0, 0.05) is 32.2 Å². The van der Waals surface area contributed by atoms with Crippen molar-refractivity contribution in [3.05, 3.63) is 0 Å². The molecule has 2 aliphatic rings. The number of hydrogen-bond donors (Lipinski definition) is 1. The van der Waals surface area contributed by atoms with Crippen LogP contribution in [0.4, 0.5) is 0 Å². The third-order valence-electron chi connectivity index (χ3n) is 4.20. The molecule has 1 N–H and O–H groups in total. The van der Waals surface area contributed by atoms with Gasteiger partial charge in [-0.3, -0.25) is 9.69 Å². The van der Waals surface area contributed by atoms with Gasteiger partial charge in [0.1, 0.15) is 0 Å². The molecule has 5 heteroatoms. The van der Waals surface area contributed by atoms with E-state index in [2.05, 4.69) is 22.0 Å². The Morgan fingerprint density at radius 1 is 1.22 bits per heavy atom. The van der Waals surface area contributed by atoms with E-state index in [1.165, 1.54) is 19.3 Å². The van der Waals surface area contributed by atoms with Gasteiger partial charge in [0.2, 0.25) is 5.91 Å². The minimum Gasteiger partial charge on any atom is -0.341 e. The first-order chi connectivity index (χ1) is 8.22. The highest BCUT2D eigenvalue weighted by Crippen LogP contribution is 2.16. The minimum atomic E-state index is 0. The van der Waals surface area contributed by atoms with Crippen molar-refractivity contribution >= 4 is 18.3 Å². The first-order valence-electron chi connectivity index (χ1n) is 6.92. The molecule has 0 aromatic rings. The molecule has 2 unspecified atom stereocenters. The van der Waals surface area contributed by atoms with Crippen LogP contribution in [-0.2, 0) is 4.79 Å². The lowest BCUT2D eigenvalue weighted by Gasteiger charge is -2.32. The average Bonchev–Trinajstić information content (AvgIpc) is 2.87. The van der Waals surface area contributed by atoms with Gasteiger partial charge in [0.25, 0.3) is 0 Å². The van der Waals surface area contributed by atoms with Gasteiger partial charge in [-0.05, 0) is 39.7 Å². The van der Waals surface area contributed by atoms with Gasteiger partial charge in [-0.25, -0.2) is 0 Å². The molecule has 2 fully saturated rings. The highest BCUT2D eigenvalue weighted by Gasteiger charge is 2.31. The molecule has 0 spiro atoms. The molecular weight excluding hydrogens is 250 g/mol. The average molecular weight is 276 g/mol. The molecule has 2 rings (SSSR count). The summed E-state index contributed by atoms with van der Waals surface area (Å²) >= 11 is 0. The van der Waals surface area contributed by atoms with Crippen molar-refractivity contribution in [2.75, 3.05) is 33.2 Å². The molecule has 106 valence electrons. The number of carbonyl (C=O) groups is 1. The van der Waals surface area contributed by atoms with Crippen LogP contribution in [0.2, 0.25) is 0 Å². The molecule has 0 aromatic heterocycles. The van der Waals surface area contributed by atoms with Crippen LogP contribution in [0.25, 0.3) is 0 Å². The zero-order valence-corrected chi connectivity index (χ0v) is 12.3. The summed E-state index contributed by atoms with van der Waals surface area (Å²) in [5, 5.41) is 3.30. The van der Waals surface area contributed by atoms with Crippen LogP contribution in [0.15, 0.2) is 0 Å². The van der Waals surface area contributed by atoms with E-state index >= 15 is 0 Å². The van der Waals surface area contributed by atoms with E-state index in [4.69, 9.17) is 0 Å². The summed E-state index contributed by atoms with van der Waals surface area (Å²) in [6, 6.07) is 0.623. The predicted octanol–water partition coefficient (Wildman–Crippen LogP) is 1.10. The maximum absolute atomic E-state index is 12.3. The molecule has 0 aliphatic carbocycles. The third-order valence-corrected chi connectivity index (χ3v) is 4.20. The Hall–Kier alpha value is -0.320. The monoisotopic (exact) mass is 275 g/mol. The maximum atomic E-state index is 12.3. The Balaban J connectivity index is 0.00000162. The van der Waals surface area contributed by atoms with Gasteiger partial charge in [0.15, 0.2) is 0 Å². The second-order valence-corrected chi connectivity index (χ2v) is 5.33. The highest BCUT2D eigenvalue weighted by molar-refractivity contribution is 5.85. The molecule has 0 bridgehead atoms. The topological polar surface area (TPSA) is 35.6 Å². The van der Waals surface area contributed by atoms with E-state index in [-0.39, 0.29) is 18.4 Å². The second-order valence-electron chi connectivity index (χ2n) is 5.33. The van der Waals surface area contributed by atoms with Crippen molar-refractivity contribution in [3.8, 4) is 0 Å². The molecule has 1 amide bonds. The van der Waals surface area contributed by atoms with E-state index in [0.29, 0.717) is 11.9 Å². The van der Waals surface area contributed by atoms with Crippen LogP contribution in [0.3, 0.4) is 0 Å². The Kier molecular flexibility index (Phi) is 6.39. The number of likely N-dealkylation sites (tertiary alicyclic amines) is 2. The van der Waals surface area contributed by atoms with E-state index in [9.17, 15) is 4.79 Å². The van der Waals surface area contributed by atoms with E-state index in [1.54, 1.807) is 0 Å². The largest absolute Gasteiger partial charge is 0.341 e. The summed E-state index contributed by atoms with van der Waals surface area (Å²) in [4.78, 5) is 16.7. The van der Waals surface area contributed by atoms with Gasteiger partial charge in [-0.2, -0.15) is 0 Å². The summed E-state index contributed by atoms with van der Waals surface area (Å²) in [5.74, 6) is 0.335. The van der Waals surface area contributed by atoms with E-state index in [0.717, 1.165) is 32.6 Å². The first kappa shape index (κ1) is 15.7. The number of amides is 1. The van der Waals surface area contributed by atoms with Crippen LogP contribution in [0.5, 0.6) is 0 Å². The van der Waals surface area contributed by atoms with E-state index < -0.39 is 0 Å². The molecule has 18 heavy (non-hydrogen) atoms. The molecule has 4 nitrogen and oxygen atoms in total.